The summed E-state index contributed by atoms with van der Waals surface area (Å²) in [6, 6.07) is 0.304. The zero-order valence-corrected chi connectivity index (χ0v) is 14.3. The summed E-state index contributed by atoms with van der Waals surface area (Å²) in [5, 5.41) is 3.70. The molecular weight excluding hydrogens is 262 g/mol. The van der Waals surface area contributed by atoms with E-state index < -0.39 is 0 Å². The molecule has 3 nitrogen and oxygen atoms in total. The fourth-order valence-electron chi connectivity index (χ4n) is 3.81. The predicted octanol–water partition coefficient (Wildman–Crippen LogP) is 4.03. The summed E-state index contributed by atoms with van der Waals surface area (Å²) in [5.74, 6) is 0. The van der Waals surface area contributed by atoms with E-state index in [1.165, 1.54) is 18.4 Å². The van der Waals surface area contributed by atoms with Crippen molar-refractivity contribution in [3.63, 3.8) is 0 Å². The van der Waals surface area contributed by atoms with E-state index in [9.17, 15) is 0 Å². The van der Waals surface area contributed by atoms with Crippen LogP contribution in [0.15, 0.2) is 11.8 Å². The van der Waals surface area contributed by atoms with Gasteiger partial charge in [0.05, 0.1) is 24.5 Å². The Bertz CT molecular complexity index is 352. The Morgan fingerprint density at radius 3 is 2.48 bits per heavy atom. The van der Waals surface area contributed by atoms with Gasteiger partial charge in [0.15, 0.2) is 0 Å². The summed E-state index contributed by atoms with van der Waals surface area (Å²) in [6.45, 7) is 11.7. The number of rotatable bonds is 6. The molecule has 3 heteroatoms. The molecule has 0 aromatic carbocycles. The molecular formula is C18H33NO2. The largest absolute Gasteiger partial charge is 0.501 e. The highest BCUT2D eigenvalue weighted by molar-refractivity contribution is 5.18. The lowest BCUT2D eigenvalue weighted by Gasteiger charge is -2.48. The quantitative estimate of drug-likeness (QED) is 0.802. The van der Waals surface area contributed by atoms with Gasteiger partial charge in [-0.15, -0.1) is 0 Å². The van der Waals surface area contributed by atoms with Gasteiger partial charge in [-0.1, -0.05) is 20.8 Å². The highest BCUT2D eigenvalue weighted by atomic mass is 16.5. The highest BCUT2D eigenvalue weighted by Gasteiger charge is 2.46. The molecule has 1 aliphatic heterocycles. The fraction of sp³-hybridized carbons (Fsp3) is 0.889. The van der Waals surface area contributed by atoms with E-state index in [0.717, 1.165) is 45.4 Å². The van der Waals surface area contributed by atoms with Crippen molar-refractivity contribution in [1.29, 1.82) is 0 Å². The Morgan fingerprint density at radius 2 is 1.95 bits per heavy atom. The van der Waals surface area contributed by atoms with Crippen molar-refractivity contribution >= 4 is 0 Å². The first-order valence-electron chi connectivity index (χ1n) is 8.71. The minimum Gasteiger partial charge on any atom is -0.501 e. The summed E-state index contributed by atoms with van der Waals surface area (Å²) in [6.07, 6.45) is 9.02. The molecule has 2 rings (SSSR count). The van der Waals surface area contributed by atoms with E-state index in [1.54, 1.807) is 0 Å². The van der Waals surface area contributed by atoms with E-state index in [2.05, 4.69) is 33.0 Å². The molecule has 122 valence electrons. The minimum atomic E-state index is -0.0488. The first-order valence-corrected chi connectivity index (χ1v) is 8.71. The molecule has 1 N–H and O–H groups in total. The Hall–Kier alpha value is -0.540. The Kier molecular flexibility index (Phi) is 5.73. The smallest absolute Gasteiger partial charge is 0.0876 e. The van der Waals surface area contributed by atoms with E-state index in [1.807, 2.05) is 6.26 Å². The summed E-state index contributed by atoms with van der Waals surface area (Å²) < 4.78 is 12.0. The van der Waals surface area contributed by atoms with Crippen molar-refractivity contribution in [2.24, 2.45) is 5.41 Å². The molecule has 0 spiro atoms. The molecule has 21 heavy (non-hydrogen) atoms. The van der Waals surface area contributed by atoms with E-state index in [0.29, 0.717) is 11.5 Å². The predicted molar refractivity (Wildman–Crippen MR) is 87.3 cm³/mol. The normalized spacial score (nSPS) is 25.8. The second-order valence-electron chi connectivity index (χ2n) is 7.32. The van der Waals surface area contributed by atoms with E-state index >= 15 is 0 Å². The topological polar surface area (TPSA) is 30.5 Å². The Morgan fingerprint density at radius 1 is 1.24 bits per heavy atom. The van der Waals surface area contributed by atoms with Gasteiger partial charge in [0, 0.05) is 6.61 Å². The van der Waals surface area contributed by atoms with Gasteiger partial charge in [0.2, 0.25) is 0 Å². The van der Waals surface area contributed by atoms with Crippen LogP contribution in [0.1, 0.15) is 66.2 Å². The van der Waals surface area contributed by atoms with Gasteiger partial charge in [0.25, 0.3) is 0 Å². The van der Waals surface area contributed by atoms with Crippen LogP contribution in [-0.2, 0) is 9.47 Å². The Balaban J connectivity index is 2.22. The van der Waals surface area contributed by atoms with Gasteiger partial charge in [-0.3, -0.25) is 0 Å². The number of nitrogens with one attached hydrogen (secondary N) is 1. The first-order chi connectivity index (χ1) is 10.0. The zero-order chi connectivity index (χ0) is 15.3. The third-order valence-electron chi connectivity index (χ3n) is 5.15. The average molecular weight is 295 g/mol. The lowest BCUT2D eigenvalue weighted by molar-refractivity contribution is -0.0999. The molecule has 2 aliphatic rings. The van der Waals surface area contributed by atoms with Gasteiger partial charge in [-0.2, -0.15) is 0 Å². The third-order valence-corrected chi connectivity index (χ3v) is 5.15. The van der Waals surface area contributed by atoms with Gasteiger partial charge < -0.3 is 14.8 Å². The minimum absolute atomic E-state index is 0.0488. The van der Waals surface area contributed by atoms with Crippen LogP contribution in [0.5, 0.6) is 0 Å². The monoisotopic (exact) mass is 295 g/mol. The second-order valence-corrected chi connectivity index (χ2v) is 7.32. The van der Waals surface area contributed by atoms with Crippen LogP contribution >= 0.6 is 0 Å². The lowest BCUT2D eigenvalue weighted by atomic mass is 9.67. The van der Waals surface area contributed by atoms with Crippen molar-refractivity contribution in [3.8, 4) is 0 Å². The van der Waals surface area contributed by atoms with Crippen LogP contribution in [0.2, 0.25) is 0 Å². The standard InChI is InChI=1S/C18H33NO2/c1-5-19-16(15-8-7-13-20-14-15)18(21-6-2)11-9-17(3,4)10-12-18/h14,16,19H,5-13H2,1-4H3. The summed E-state index contributed by atoms with van der Waals surface area (Å²) >= 11 is 0. The van der Waals surface area contributed by atoms with E-state index in [-0.39, 0.29) is 5.60 Å². The van der Waals surface area contributed by atoms with Crippen LogP contribution in [0.25, 0.3) is 0 Å². The molecule has 1 aliphatic carbocycles. The van der Waals surface area contributed by atoms with Crippen molar-refractivity contribution in [1.82, 2.24) is 5.32 Å². The van der Waals surface area contributed by atoms with Crippen LogP contribution in [0.4, 0.5) is 0 Å². The van der Waals surface area contributed by atoms with Gasteiger partial charge in [-0.25, -0.2) is 0 Å². The maximum absolute atomic E-state index is 6.37. The molecule has 1 heterocycles. The highest BCUT2D eigenvalue weighted by Crippen LogP contribution is 2.45. The first kappa shape index (κ1) is 16.8. The zero-order valence-electron chi connectivity index (χ0n) is 14.3. The van der Waals surface area contributed by atoms with Crippen molar-refractivity contribution in [2.75, 3.05) is 19.8 Å². The lowest BCUT2D eigenvalue weighted by Crippen LogP contribution is -2.56. The molecule has 1 atom stereocenters. The molecule has 0 radical (unpaired) electrons. The van der Waals surface area contributed by atoms with Crippen LogP contribution in [0, 0.1) is 5.41 Å². The maximum Gasteiger partial charge on any atom is 0.0876 e. The van der Waals surface area contributed by atoms with Crippen LogP contribution < -0.4 is 5.32 Å². The molecule has 0 aromatic heterocycles. The second kappa shape index (κ2) is 7.15. The van der Waals surface area contributed by atoms with Crippen molar-refractivity contribution in [2.45, 2.75) is 77.9 Å². The van der Waals surface area contributed by atoms with Crippen molar-refractivity contribution < 1.29 is 9.47 Å². The Labute approximate surface area is 130 Å². The maximum atomic E-state index is 6.37. The number of likely N-dealkylation sites (N-methyl/N-ethyl adjacent to an activating group) is 1. The SMILES string of the molecule is CCNC(C1=COCCC1)C1(OCC)CCC(C)(C)CC1. The summed E-state index contributed by atoms with van der Waals surface area (Å²) in [4.78, 5) is 0. The molecule has 0 aromatic rings. The van der Waals surface area contributed by atoms with Gasteiger partial charge in [0.1, 0.15) is 0 Å². The summed E-state index contributed by atoms with van der Waals surface area (Å²) in [7, 11) is 0. The van der Waals surface area contributed by atoms with Gasteiger partial charge in [-0.05, 0) is 63.0 Å². The van der Waals surface area contributed by atoms with Crippen molar-refractivity contribution in [3.05, 3.63) is 11.8 Å². The summed E-state index contributed by atoms with van der Waals surface area (Å²) in [5.41, 5.74) is 1.80. The molecule has 0 saturated heterocycles. The molecule has 0 amide bonds. The van der Waals surface area contributed by atoms with Gasteiger partial charge >= 0.3 is 0 Å². The number of ether oxygens (including phenoxy) is 2. The molecule has 1 saturated carbocycles. The van der Waals surface area contributed by atoms with Crippen LogP contribution in [0.3, 0.4) is 0 Å². The molecule has 1 unspecified atom stereocenters. The number of hydrogen-bond donors (Lipinski definition) is 1. The average Bonchev–Trinajstić information content (AvgIpc) is 2.49. The molecule has 1 fully saturated rings. The fourth-order valence-corrected chi connectivity index (χ4v) is 3.81. The third kappa shape index (κ3) is 4.01. The van der Waals surface area contributed by atoms with Crippen LogP contribution in [-0.4, -0.2) is 31.4 Å². The number of hydrogen-bond acceptors (Lipinski definition) is 3. The van der Waals surface area contributed by atoms with E-state index in [4.69, 9.17) is 9.47 Å². The molecule has 0 bridgehead atoms.